The molecule has 0 aliphatic rings. The first-order valence-electron chi connectivity index (χ1n) is 17.4. The number of benzene rings is 8. The summed E-state index contributed by atoms with van der Waals surface area (Å²) in [4.78, 5) is 14.6. The molecule has 0 saturated carbocycles. The maximum Gasteiger partial charge on any atom is 0.161 e. The number of furan rings is 1. The molecule has 0 radical (unpaired) electrons. The Morgan fingerprint density at radius 1 is 0.519 bits per heavy atom. The average Bonchev–Trinajstić information content (AvgIpc) is 3.59. The Labute approximate surface area is 301 Å². The lowest BCUT2D eigenvalue weighted by atomic mass is 9.94. The van der Waals surface area contributed by atoms with Gasteiger partial charge in [0.25, 0.3) is 0 Å². The van der Waals surface area contributed by atoms with Crippen LogP contribution in [0.1, 0.15) is 16.7 Å². The van der Waals surface area contributed by atoms with Crippen LogP contribution in [0.3, 0.4) is 0 Å². The summed E-state index contributed by atoms with van der Waals surface area (Å²) < 4.78 is 6.80. The fraction of sp³-hybridized carbons (Fsp3) is 0.0208. The molecular weight excluding hydrogens is 635 g/mol. The molecule has 0 aliphatic heterocycles. The zero-order valence-electron chi connectivity index (χ0n) is 28.4. The SMILES string of the molecule is C=N/C(=N\C(=N/Cc1ccccc1)c1ccccc1)c1ccc(-c2ccc(-c3cccc4ccccc34)cc2)c2oc3cc4ccccc4cc3c12. The lowest BCUT2D eigenvalue weighted by Crippen LogP contribution is -2.06. The van der Waals surface area contributed by atoms with Crippen molar-refractivity contribution in [3.63, 3.8) is 0 Å². The molecule has 0 unspecified atom stereocenters. The van der Waals surface area contributed by atoms with Crippen LogP contribution in [-0.4, -0.2) is 18.4 Å². The van der Waals surface area contributed by atoms with Gasteiger partial charge >= 0.3 is 0 Å². The fourth-order valence-electron chi connectivity index (χ4n) is 7.09. The maximum atomic E-state index is 6.80. The molecule has 0 amide bonds. The molecule has 0 saturated heterocycles. The third-order valence-corrected chi connectivity index (χ3v) is 9.67. The molecule has 52 heavy (non-hydrogen) atoms. The molecule has 1 aromatic heterocycles. The Morgan fingerprint density at radius 3 is 1.90 bits per heavy atom. The summed E-state index contributed by atoms with van der Waals surface area (Å²) in [5.41, 5.74) is 8.85. The van der Waals surface area contributed by atoms with E-state index in [1.54, 1.807) is 0 Å². The molecule has 4 heteroatoms. The van der Waals surface area contributed by atoms with Gasteiger partial charge in [0, 0.05) is 27.5 Å². The molecule has 0 N–H and O–H groups in total. The summed E-state index contributed by atoms with van der Waals surface area (Å²) in [6.45, 7) is 4.49. The third kappa shape index (κ3) is 5.76. The van der Waals surface area contributed by atoms with Gasteiger partial charge < -0.3 is 4.42 Å². The highest BCUT2D eigenvalue weighted by atomic mass is 16.3. The average molecular weight is 668 g/mol. The maximum absolute atomic E-state index is 6.80. The summed E-state index contributed by atoms with van der Waals surface area (Å²) in [5, 5.41) is 6.65. The van der Waals surface area contributed by atoms with Crippen LogP contribution < -0.4 is 0 Å². The molecule has 0 bridgehead atoms. The number of hydrogen-bond acceptors (Lipinski definition) is 2. The summed E-state index contributed by atoms with van der Waals surface area (Å²) in [6.07, 6.45) is 0. The largest absolute Gasteiger partial charge is 0.455 e. The van der Waals surface area contributed by atoms with Gasteiger partial charge in [0.2, 0.25) is 0 Å². The Morgan fingerprint density at radius 2 is 1.15 bits per heavy atom. The second-order valence-corrected chi connectivity index (χ2v) is 12.9. The van der Waals surface area contributed by atoms with Crippen molar-refractivity contribution in [3.8, 4) is 22.3 Å². The van der Waals surface area contributed by atoms with E-state index in [0.29, 0.717) is 18.2 Å². The second-order valence-electron chi connectivity index (χ2n) is 12.9. The quantitative estimate of drug-likeness (QED) is 0.129. The van der Waals surface area contributed by atoms with Crippen molar-refractivity contribution >= 4 is 61.9 Å². The van der Waals surface area contributed by atoms with E-state index in [1.165, 1.54) is 16.3 Å². The zero-order chi connectivity index (χ0) is 34.9. The van der Waals surface area contributed by atoms with Crippen molar-refractivity contribution in [2.45, 2.75) is 6.54 Å². The highest BCUT2D eigenvalue weighted by Gasteiger charge is 2.20. The highest BCUT2D eigenvalue weighted by Crippen LogP contribution is 2.41. The molecule has 0 fully saturated rings. The monoisotopic (exact) mass is 667 g/mol. The van der Waals surface area contributed by atoms with Crippen LogP contribution in [0.4, 0.5) is 0 Å². The standard InChI is InChI=1S/C48H33N3O/c1-49-48(51-47(36-16-6-3-7-17-36)50-31-32-13-4-2-5-14-32)42-28-27-41(46-45(42)43-29-37-18-8-9-19-38(37)30-44(43)52-46)35-25-23-34(24-26-35)40-22-12-20-33-15-10-11-21-39(33)40/h2-30H,1,31H2/b50-47-,51-48-. The predicted molar refractivity (Wildman–Crippen MR) is 219 cm³/mol. The molecule has 9 aromatic rings. The van der Waals surface area contributed by atoms with E-state index in [2.05, 4.69) is 139 Å². The van der Waals surface area contributed by atoms with Gasteiger partial charge in [-0.25, -0.2) is 9.98 Å². The smallest absolute Gasteiger partial charge is 0.161 e. The lowest BCUT2D eigenvalue weighted by molar-refractivity contribution is 0.670. The molecule has 8 aromatic carbocycles. The van der Waals surface area contributed by atoms with Crippen molar-refractivity contribution in [1.29, 1.82) is 0 Å². The van der Waals surface area contributed by atoms with E-state index in [-0.39, 0.29) is 0 Å². The first-order valence-corrected chi connectivity index (χ1v) is 17.4. The normalized spacial score (nSPS) is 12.2. The minimum Gasteiger partial charge on any atom is -0.455 e. The van der Waals surface area contributed by atoms with Crippen molar-refractivity contribution in [1.82, 2.24) is 0 Å². The van der Waals surface area contributed by atoms with Gasteiger partial charge in [-0.2, -0.15) is 0 Å². The van der Waals surface area contributed by atoms with Crippen molar-refractivity contribution < 1.29 is 4.42 Å². The first-order chi connectivity index (χ1) is 25.7. The van der Waals surface area contributed by atoms with E-state index < -0.39 is 0 Å². The van der Waals surface area contributed by atoms with Crippen molar-refractivity contribution in [2.75, 3.05) is 0 Å². The van der Waals surface area contributed by atoms with Gasteiger partial charge in [-0.3, -0.25) is 4.99 Å². The summed E-state index contributed by atoms with van der Waals surface area (Å²) >= 11 is 0. The zero-order valence-corrected chi connectivity index (χ0v) is 28.4. The molecule has 0 spiro atoms. The fourth-order valence-corrected chi connectivity index (χ4v) is 7.09. The predicted octanol–water partition coefficient (Wildman–Crippen LogP) is 12.3. The van der Waals surface area contributed by atoms with Crippen LogP contribution in [-0.2, 0) is 6.54 Å². The molecule has 246 valence electrons. The summed E-state index contributed by atoms with van der Waals surface area (Å²) in [5.74, 6) is 1.07. The Hall–Kier alpha value is -6.91. The van der Waals surface area contributed by atoms with Crippen molar-refractivity contribution in [2.24, 2.45) is 15.0 Å². The van der Waals surface area contributed by atoms with Crippen LogP contribution in [0.25, 0.3) is 65.7 Å². The molecule has 0 aliphatic carbocycles. The Kier molecular flexibility index (Phi) is 8.03. The van der Waals surface area contributed by atoms with Crippen LogP contribution >= 0.6 is 0 Å². The van der Waals surface area contributed by atoms with Gasteiger partial charge in [0.05, 0.1) is 6.54 Å². The number of rotatable bonds is 6. The number of fused-ring (bicyclic) bond motifs is 5. The van der Waals surface area contributed by atoms with Gasteiger partial charge in [-0.05, 0) is 74.8 Å². The minimum absolute atomic E-state index is 0.481. The number of nitrogens with zero attached hydrogens (tertiary/aromatic N) is 3. The van der Waals surface area contributed by atoms with Crippen molar-refractivity contribution in [3.05, 3.63) is 193 Å². The van der Waals surface area contributed by atoms with E-state index in [9.17, 15) is 0 Å². The van der Waals surface area contributed by atoms with E-state index >= 15 is 0 Å². The van der Waals surface area contributed by atoms with Gasteiger partial charge in [-0.15, -0.1) is 0 Å². The topological polar surface area (TPSA) is 50.2 Å². The number of aliphatic imine (C=N–C) groups is 3. The van der Waals surface area contributed by atoms with E-state index in [1.807, 2.05) is 48.5 Å². The summed E-state index contributed by atoms with van der Waals surface area (Å²) in [7, 11) is 0. The molecule has 9 rings (SSSR count). The van der Waals surface area contributed by atoms with E-state index in [4.69, 9.17) is 14.4 Å². The number of amidine groups is 2. The molecule has 4 nitrogen and oxygen atoms in total. The van der Waals surface area contributed by atoms with Crippen LogP contribution in [0.15, 0.2) is 195 Å². The number of hydrogen-bond donors (Lipinski definition) is 0. The highest BCUT2D eigenvalue weighted by molar-refractivity contribution is 6.24. The van der Waals surface area contributed by atoms with Gasteiger partial charge in [0.15, 0.2) is 11.7 Å². The van der Waals surface area contributed by atoms with E-state index in [0.717, 1.165) is 66.1 Å². The Bertz CT molecular complexity index is 2810. The van der Waals surface area contributed by atoms with Crippen LogP contribution in [0.5, 0.6) is 0 Å². The minimum atomic E-state index is 0.481. The van der Waals surface area contributed by atoms with Gasteiger partial charge in [0.1, 0.15) is 11.2 Å². The third-order valence-electron chi connectivity index (χ3n) is 9.67. The Balaban J connectivity index is 1.22. The molecular formula is C48H33N3O. The lowest BCUT2D eigenvalue weighted by Gasteiger charge is -2.11. The second kappa shape index (κ2) is 13.4. The van der Waals surface area contributed by atoms with Crippen LogP contribution in [0.2, 0.25) is 0 Å². The van der Waals surface area contributed by atoms with Crippen LogP contribution in [0, 0.1) is 0 Å². The first kappa shape index (κ1) is 31.1. The molecule has 1 heterocycles. The molecule has 0 atom stereocenters. The van der Waals surface area contributed by atoms with Gasteiger partial charge in [-0.1, -0.05) is 152 Å². The summed E-state index contributed by atoms with van der Waals surface area (Å²) in [6, 6.07) is 60.8.